The lowest BCUT2D eigenvalue weighted by Gasteiger charge is -2.34. The van der Waals surface area contributed by atoms with E-state index in [-0.39, 0.29) is 17.8 Å². The first-order valence-corrected chi connectivity index (χ1v) is 12.6. The monoisotopic (exact) mass is 476 g/mol. The van der Waals surface area contributed by atoms with E-state index in [4.69, 9.17) is 14.7 Å². The smallest absolute Gasteiger partial charge is 0.338 e. The largest absolute Gasteiger partial charge is 0.462 e. The van der Waals surface area contributed by atoms with Gasteiger partial charge in [-0.3, -0.25) is 4.79 Å². The number of esters is 1. The molecular weight excluding hydrogens is 444 g/mol. The van der Waals surface area contributed by atoms with E-state index in [1.807, 2.05) is 24.0 Å². The quantitative estimate of drug-likeness (QED) is 0.542. The molecule has 2 aliphatic rings. The summed E-state index contributed by atoms with van der Waals surface area (Å²) < 4.78 is 5.18. The number of fused-ring (bicyclic) bond motifs is 1. The number of hydrogen-bond acceptors (Lipinski definition) is 7. The van der Waals surface area contributed by atoms with Crippen molar-refractivity contribution in [3.05, 3.63) is 35.5 Å². The number of aryl methyl sites for hydroxylation is 1. The fourth-order valence-corrected chi connectivity index (χ4v) is 4.98. The van der Waals surface area contributed by atoms with E-state index in [1.165, 1.54) is 0 Å². The van der Waals surface area contributed by atoms with Crippen LogP contribution in [0.1, 0.15) is 55.6 Å². The van der Waals surface area contributed by atoms with E-state index in [0.29, 0.717) is 42.3 Å². The minimum Gasteiger partial charge on any atom is -0.462 e. The number of carbonyl (C=O) groups is 2. The molecule has 3 aromatic rings. The summed E-state index contributed by atoms with van der Waals surface area (Å²) in [7, 11) is 0. The number of amides is 1. The zero-order valence-electron chi connectivity index (χ0n) is 20.4. The van der Waals surface area contributed by atoms with Crippen molar-refractivity contribution in [3.63, 3.8) is 0 Å². The molecule has 3 aromatic heterocycles. The number of ether oxygens (including phenoxy) is 1. The molecule has 1 N–H and O–H groups in total. The van der Waals surface area contributed by atoms with Crippen LogP contribution in [0, 0.1) is 5.92 Å². The van der Waals surface area contributed by atoms with Crippen molar-refractivity contribution in [2.24, 2.45) is 5.92 Å². The summed E-state index contributed by atoms with van der Waals surface area (Å²) in [6, 6.07) is 7.41. The Morgan fingerprint density at radius 3 is 2.66 bits per heavy atom. The van der Waals surface area contributed by atoms with Crippen LogP contribution in [-0.4, -0.2) is 69.5 Å². The van der Waals surface area contributed by atoms with Crippen molar-refractivity contribution in [1.82, 2.24) is 24.8 Å². The van der Waals surface area contributed by atoms with Gasteiger partial charge in [-0.15, -0.1) is 0 Å². The summed E-state index contributed by atoms with van der Waals surface area (Å²) in [6.45, 7) is 7.44. The van der Waals surface area contributed by atoms with Gasteiger partial charge < -0.3 is 19.5 Å². The minimum absolute atomic E-state index is 0.0244. The first-order valence-electron chi connectivity index (χ1n) is 12.6. The van der Waals surface area contributed by atoms with E-state index in [1.54, 1.807) is 19.1 Å². The SMILES string of the molecule is CCOC(=O)c1cc(CC)nc(-c2nc3nc(N4CCCC(C(=O)N5CCCC5)C4)ccc3[nH]2)c1. The van der Waals surface area contributed by atoms with E-state index in [0.717, 1.165) is 62.3 Å². The highest BCUT2D eigenvalue weighted by molar-refractivity contribution is 5.91. The van der Waals surface area contributed by atoms with E-state index < -0.39 is 0 Å². The summed E-state index contributed by atoms with van der Waals surface area (Å²) in [5.41, 5.74) is 3.23. The molecule has 2 saturated heterocycles. The van der Waals surface area contributed by atoms with Crippen LogP contribution in [0.2, 0.25) is 0 Å². The Morgan fingerprint density at radius 2 is 1.89 bits per heavy atom. The predicted molar refractivity (Wildman–Crippen MR) is 133 cm³/mol. The number of hydrogen-bond donors (Lipinski definition) is 1. The number of piperidine rings is 1. The van der Waals surface area contributed by atoms with Crippen molar-refractivity contribution in [3.8, 4) is 11.5 Å². The van der Waals surface area contributed by atoms with Crippen LogP contribution in [0.3, 0.4) is 0 Å². The number of aromatic amines is 1. The van der Waals surface area contributed by atoms with Gasteiger partial charge in [0.15, 0.2) is 11.5 Å². The van der Waals surface area contributed by atoms with Gasteiger partial charge in [-0.25, -0.2) is 19.7 Å². The molecule has 2 aliphatic heterocycles. The van der Waals surface area contributed by atoms with E-state index in [9.17, 15) is 9.59 Å². The number of aromatic nitrogens is 4. The molecule has 5 rings (SSSR count). The maximum Gasteiger partial charge on any atom is 0.338 e. The zero-order valence-corrected chi connectivity index (χ0v) is 20.4. The van der Waals surface area contributed by atoms with Gasteiger partial charge in [0, 0.05) is 31.9 Å². The third kappa shape index (κ3) is 4.85. The molecule has 1 amide bonds. The van der Waals surface area contributed by atoms with Crippen LogP contribution in [0.5, 0.6) is 0 Å². The highest BCUT2D eigenvalue weighted by atomic mass is 16.5. The minimum atomic E-state index is -0.370. The lowest BCUT2D eigenvalue weighted by molar-refractivity contribution is -0.134. The maximum absolute atomic E-state index is 12.9. The summed E-state index contributed by atoms with van der Waals surface area (Å²) in [5, 5.41) is 0. The third-order valence-corrected chi connectivity index (χ3v) is 6.84. The van der Waals surface area contributed by atoms with Gasteiger partial charge in [0.25, 0.3) is 0 Å². The van der Waals surface area contributed by atoms with Gasteiger partial charge in [-0.2, -0.15) is 0 Å². The average molecular weight is 477 g/mol. The molecular formula is C26H32N6O3. The van der Waals surface area contributed by atoms with Crippen molar-refractivity contribution >= 4 is 28.9 Å². The topological polar surface area (TPSA) is 104 Å². The van der Waals surface area contributed by atoms with Crippen LogP contribution in [0.25, 0.3) is 22.7 Å². The highest BCUT2D eigenvalue weighted by Crippen LogP contribution is 2.27. The number of anilines is 1. The first kappa shape index (κ1) is 23.3. The number of rotatable bonds is 6. The second kappa shape index (κ2) is 10.0. The van der Waals surface area contributed by atoms with Crippen molar-refractivity contribution < 1.29 is 14.3 Å². The van der Waals surface area contributed by atoms with Crippen molar-refractivity contribution in [1.29, 1.82) is 0 Å². The number of imidazole rings is 1. The van der Waals surface area contributed by atoms with Gasteiger partial charge >= 0.3 is 5.97 Å². The number of pyridine rings is 2. The molecule has 5 heterocycles. The second-order valence-corrected chi connectivity index (χ2v) is 9.25. The third-order valence-electron chi connectivity index (χ3n) is 6.84. The predicted octanol–water partition coefficient (Wildman–Crippen LogP) is 3.60. The molecule has 2 fully saturated rings. The van der Waals surface area contributed by atoms with Gasteiger partial charge in [0.2, 0.25) is 5.91 Å². The Hall–Kier alpha value is -3.49. The molecule has 9 heteroatoms. The standard InChI is InChI=1S/C26H32N6O3/c1-3-19-14-18(26(34)35-4-2)15-21(27-19)24-28-20-9-10-22(29-23(20)30-24)32-13-7-8-17(16-32)25(33)31-11-5-6-12-31/h9-10,14-15,17H,3-8,11-13,16H2,1-2H3,(H,28,29,30). The molecule has 0 radical (unpaired) electrons. The lowest BCUT2D eigenvalue weighted by Crippen LogP contribution is -2.44. The highest BCUT2D eigenvalue weighted by Gasteiger charge is 2.31. The van der Waals surface area contributed by atoms with Crippen LogP contribution < -0.4 is 4.90 Å². The molecule has 0 saturated carbocycles. The van der Waals surface area contributed by atoms with Crippen LogP contribution in [0.4, 0.5) is 5.82 Å². The maximum atomic E-state index is 12.9. The number of nitrogens with one attached hydrogen (secondary N) is 1. The lowest BCUT2D eigenvalue weighted by atomic mass is 9.96. The summed E-state index contributed by atoms with van der Waals surface area (Å²) in [6.07, 6.45) is 4.82. The van der Waals surface area contributed by atoms with Crippen LogP contribution in [0.15, 0.2) is 24.3 Å². The van der Waals surface area contributed by atoms with E-state index in [2.05, 4.69) is 14.9 Å². The Kier molecular flexibility index (Phi) is 6.66. The molecule has 0 bridgehead atoms. The molecule has 0 aromatic carbocycles. The van der Waals surface area contributed by atoms with Crippen LogP contribution >= 0.6 is 0 Å². The Bertz CT molecular complexity index is 1230. The van der Waals surface area contributed by atoms with Crippen molar-refractivity contribution in [2.45, 2.75) is 46.0 Å². The van der Waals surface area contributed by atoms with Crippen molar-refractivity contribution in [2.75, 3.05) is 37.7 Å². The summed E-state index contributed by atoms with van der Waals surface area (Å²) in [4.78, 5) is 46.9. The van der Waals surface area contributed by atoms with Gasteiger partial charge in [-0.05, 0) is 63.3 Å². The van der Waals surface area contributed by atoms with Gasteiger partial charge in [0.1, 0.15) is 11.5 Å². The number of nitrogens with zero attached hydrogens (tertiary/aromatic N) is 5. The molecule has 1 atom stereocenters. The Morgan fingerprint density at radius 1 is 1.06 bits per heavy atom. The van der Waals surface area contributed by atoms with E-state index >= 15 is 0 Å². The summed E-state index contributed by atoms with van der Waals surface area (Å²) in [5.74, 6) is 1.33. The number of H-pyrrole nitrogens is 1. The molecule has 0 aliphatic carbocycles. The zero-order chi connectivity index (χ0) is 24.4. The fourth-order valence-electron chi connectivity index (χ4n) is 4.98. The van der Waals surface area contributed by atoms with Crippen LogP contribution in [-0.2, 0) is 16.0 Å². The van der Waals surface area contributed by atoms with Gasteiger partial charge in [0.05, 0.1) is 23.6 Å². The Balaban J connectivity index is 1.39. The molecule has 9 nitrogen and oxygen atoms in total. The fraction of sp³-hybridized carbons (Fsp3) is 0.500. The molecule has 0 spiro atoms. The first-order chi connectivity index (χ1) is 17.1. The second-order valence-electron chi connectivity index (χ2n) is 9.25. The average Bonchev–Trinajstić information content (AvgIpc) is 3.58. The molecule has 184 valence electrons. The number of carbonyl (C=O) groups excluding carboxylic acids is 2. The molecule has 35 heavy (non-hydrogen) atoms. The van der Waals surface area contributed by atoms with Gasteiger partial charge in [-0.1, -0.05) is 6.92 Å². The molecule has 1 unspecified atom stereocenters. The Labute approximate surface area is 204 Å². The normalized spacial score (nSPS) is 18.3. The summed E-state index contributed by atoms with van der Waals surface area (Å²) >= 11 is 0. The number of likely N-dealkylation sites (tertiary alicyclic amines) is 1.